The Hall–Kier alpha value is -1.64. The smallest absolute Gasteiger partial charge is 0.191 e. The van der Waals surface area contributed by atoms with Crippen LogP contribution in [0.3, 0.4) is 0 Å². The van der Waals surface area contributed by atoms with E-state index in [1.165, 1.54) is 11.9 Å². The van der Waals surface area contributed by atoms with Gasteiger partial charge in [-0.3, -0.25) is 4.99 Å². The van der Waals surface area contributed by atoms with E-state index in [4.69, 9.17) is 0 Å². The van der Waals surface area contributed by atoms with Gasteiger partial charge in [0.2, 0.25) is 0 Å². The second-order valence-electron chi connectivity index (χ2n) is 4.37. The maximum atomic E-state index is 4.37. The quantitative estimate of drug-likeness (QED) is 0.784. The van der Waals surface area contributed by atoms with Gasteiger partial charge in [0.05, 0.1) is 5.69 Å². The average Bonchev–Trinajstić information content (AvgIpc) is 3.01. The molecule has 1 aliphatic rings. The zero-order valence-corrected chi connectivity index (χ0v) is 13.3. The second kappa shape index (κ2) is 7.22. The molecule has 1 aromatic carbocycles. The lowest BCUT2D eigenvalue weighted by Crippen LogP contribution is -2.40. The largest absolute Gasteiger partial charge is 0.356 e. The van der Waals surface area contributed by atoms with Crippen LogP contribution in [-0.2, 0) is 6.54 Å². The highest BCUT2D eigenvalue weighted by atomic mass is 127. The van der Waals surface area contributed by atoms with E-state index < -0.39 is 0 Å². The van der Waals surface area contributed by atoms with E-state index in [9.17, 15) is 0 Å². The summed E-state index contributed by atoms with van der Waals surface area (Å²) in [6, 6.07) is 8.21. The number of guanidine groups is 1. The lowest BCUT2D eigenvalue weighted by atomic mass is 10.2. The molecule has 0 atom stereocenters. The van der Waals surface area contributed by atoms with Gasteiger partial charge in [-0.05, 0) is 24.1 Å². The number of aliphatic imine (C=N–C) groups is 1. The molecule has 3 rings (SSSR count). The second-order valence-corrected chi connectivity index (χ2v) is 4.37. The highest BCUT2D eigenvalue weighted by Gasteiger charge is 2.03. The monoisotopic (exact) mass is 384 g/mol. The Balaban J connectivity index is 0.00000147. The number of rotatable bonds is 3. The van der Waals surface area contributed by atoms with Gasteiger partial charge in [0, 0.05) is 19.6 Å². The summed E-state index contributed by atoms with van der Waals surface area (Å²) in [5.74, 6) is 0.895. The number of nitrogens with one attached hydrogen (secondary N) is 2. The molecule has 0 spiro atoms. The van der Waals surface area contributed by atoms with Gasteiger partial charge < -0.3 is 10.6 Å². The van der Waals surface area contributed by atoms with E-state index in [-0.39, 0.29) is 24.0 Å². The first-order valence-corrected chi connectivity index (χ1v) is 6.38. The summed E-state index contributed by atoms with van der Waals surface area (Å²) in [5.41, 5.74) is 2.22. The van der Waals surface area contributed by atoms with Crippen LogP contribution < -0.4 is 10.6 Å². The minimum absolute atomic E-state index is 0. The van der Waals surface area contributed by atoms with Crippen molar-refractivity contribution in [3.63, 3.8) is 0 Å². The van der Waals surface area contributed by atoms with Crippen molar-refractivity contribution in [2.45, 2.75) is 13.0 Å². The molecule has 6 nitrogen and oxygen atoms in total. The van der Waals surface area contributed by atoms with Gasteiger partial charge in [-0.2, -0.15) is 5.10 Å². The van der Waals surface area contributed by atoms with Crippen LogP contribution in [0.4, 0.5) is 0 Å². The molecule has 0 fully saturated rings. The van der Waals surface area contributed by atoms with Gasteiger partial charge in [0.1, 0.15) is 12.7 Å². The summed E-state index contributed by atoms with van der Waals surface area (Å²) < 4.78 is 1.74. The fourth-order valence-electron chi connectivity index (χ4n) is 1.94. The molecule has 0 aliphatic carbocycles. The first-order chi connectivity index (χ1) is 9.42. The normalized spacial score (nSPS) is 13.9. The maximum Gasteiger partial charge on any atom is 0.191 e. The van der Waals surface area contributed by atoms with Crippen molar-refractivity contribution in [2.75, 3.05) is 13.1 Å². The Morgan fingerprint density at radius 3 is 2.75 bits per heavy atom. The number of hydrogen-bond donors (Lipinski definition) is 2. The lowest BCUT2D eigenvalue weighted by Gasteiger charge is -2.16. The molecule has 1 aliphatic heterocycles. The van der Waals surface area contributed by atoms with Gasteiger partial charge in [0.25, 0.3) is 0 Å². The van der Waals surface area contributed by atoms with E-state index in [0.717, 1.165) is 37.7 Å². The van der Waals surface area contributed by atoms with Crippen LogP contribution >= 0.6 is 24.0 Å². The van der Waals surface area contributed by atoms with Crippen molar-refractivity contribution in [3.8, 4) is 5.69 Å². The average molecular weight is 384 g/mol. The van der Waals surface area contributed by atoms with Crippen molar-refractivity contribution >= 4 is 29.9 Å². The molecule has 0 unspecified atom stereocenters. The van der Waals surface area contributed by atoms with E-state index in [2.05, 4.69) is 37.8 Å². The molecule has 0 saturated heterocycles. The highest BCUT2D eigenvalue weighted by molar-refractivity contribution is 14.0. The van der Waals surface area contributed by atoms with Gasteiger partial charge in [-0.25, -0.2) is 9.67 Å². The summed E-state index contributed by atoms with van der Waals surface area (Å²) in [4.78, 5) is 8.31. The Labute approximate surface area is 134 Å². The van der Waals surface area contributed by atoms with Crippen molar-refractivity contribution in [3.05, 3.63) is 42.5 Å². The van der Waals surface area contributed by atoms with E-state index in [0.29, 0.717) is 0 Å². The molecule has 20 heavy (non-hydrogen) atoms. The molecule has 106 valence electrons. The first-order valence-electron chi connectivity index (χ1n) is 6.38. The molecule has 1 aromatic heterocycles. The first kappa shape index (κ1) is 14.8. The molecule has 0 amide bonds. The van der Waals surface area contributed by atoms with Crippen LogP contribution in [0.5, 0.6) is 0 Å². The van der Waals surface area contributed by atoms with Crippen LogP contribution in [-0.4, -0.2) is 33.8 Å². The minimum Gasteiger partial charge on any atom is -0.356 e. The number of hydrogen-bond acceptors (Lipinski definition) is 5. The Bertz CT molecular complexity index is 549. The van der Waals surface area contributed by atoms with E-state index in [1.54, 1.807) is 11.0 Å². The lowest BCUT2D eigenvalue weighted by molar-refractivity contribution is 0.702. The van der Waals surface area contributed by atoms with E-state index in [1.807, 2.05) is 12.1 Å². The fourth-order valence-corrected chi connectivity index (χ4v) is 1.94. The third kappa shape index (κ3) is 3.69. The topological polar surface area (TPSA) is 67.1 Å². The zero-order valence-electron chi connectivity index (χ0n) is 11.0. The summed E-state index contributed by atoms with van der Waals surface area (Å²) >= 11 is 0. The summed E-state index contributed by atoms with van der Waals surface area (Å²) in [5, 5.41) is 10.6. The van der Waals surface area contributed by atoms with Crippen LogP contribution in [0.2, 0.25) is 0 Å². The molecule has 0 bridgehead atoms. The number of halogens is 1. The van der Waals surface area contributed by atoms with Gasteiger partial charge >= 0.3 is 0 Å². The Morgan fingerprint density at radius 1 is 1.25 bits per heavy atom. The molecule has 7 heteroatoms. The third-order valence-electron chi connectivity index (χ3n) is 2.98. The predicted molar refractivity (Wildman–Crippen MR) is 88.5 cm³/mol. The molecular weight excluding hydrogens is 367 g/mol. The summed E-state index contributed by atoms with van der Waals surface area (Å²) in [6.45, 7) is 2.67. The Morgan fingerprint density at radius 2 is 2.10 bits per heavy atom. The molecule has 0 radical (unpaired) electrons. The number of benzene rings is 1. The standard InChI is InChI=1S/C13H16N6.HI/c1-6-15-13(16-7-1)17-8-11-2-4-12(5-3-11)19-10-14-9-18-19;/h2-5,9-10H,1,6-8H2,(H2,15,16,17);1H. The molecule has 0 saturated carbocycles. The molecule has 2 heterocycles. The van der Waals surface area contributed by atoms with Crippen LogP contribution in [0.15, 0.2) is 41.9 Å². The predicted octanol–water partition coefficient (Wildman–Crippen LogP) is 1.32. The van der Waals surface area contributed by atoms with Crippen molar-refractivity contribution in [1.82, 2.24) is 25.4 Å². The molecule has 2 aromatic rings. The fraction of sp³-hybridized carbons (Fsp3) is 0.308. The minimum atomic E-state index is 0. The van der Waals surface area contributed by atoms with Gasteiger partial charge in [0.15, 0.2) is 5.96 Å². The number of nitrogens with zero attached hydrogens (tertiary/aromatic N) is 4. The molecule has 2 N–H and O–H groups in total. The summed E-state index contributed by atoms with van der Waals surface area (Å²) in [7, 11) is 0. The summed E-state index contributed by atoms with van der Waals surface area (Å²) in [6.07, 6.45) is 4.33. The van der Waals surface area contributed by atoms with Crippen molar-refractivity contribution in [1.29, 1.82) is 0 Å². The van der Waals surface area contributed by atoms with Crippen molar-refractivity contribution < 1.29 is 0 Å². The zero-order chi connectivity index (χ0) is 12.9. The molecular formula is C13H17IN6. The SMILES string of the molecule is I.c1ncn(-c2ccc(CNC3=NCCCN3)cc2)n1. The van der Waals surface area contributed by atoms with E-state index >= 15 is 0 Å². The van der Waals surface area contributed by atoms with Crippen LogP contribution in [0, 0.1) is 0 Å². The van der Waals surface area contributed by atoms with Gasteiger partial charge in [-0.1, -0.05) is 12.1 Å². The van der Waals surface area contributed by atoms with Crippen LogP contribution in [0.25, 0.3) is 5.69 Å². The third-order valence-corrected chi connectivity index (χ3v) is 2.98. The highest BCUT2D eigenvalue weighted by Crippen LogP contribution is 2.07. The number of aromatic nitrogens is 3. The maximum absolute atomic E-state index is 4.37. The van der Waals surface area contributed by atoms with Crippen molar-refractivity contribution in [2.24, 2.45) is 4.99 Å². The Kier molecular flexibility index (Phi) is 5.33. The van der Waals surface area contributed by atoms with Crippen LogP contribution in [0.1, 0.15) is 12.0 Å². The van der Waals surface area contributed by atoms with Gasteiger partial charge in [-0.15, -0.1) is 24.0 Å².